The third-order valence-corrected chi connectivity index (χ3v) is 2.47. The standard InChI is InChI=1S/C11H12N4O3/c16-9(7-3-1-2-5-12-7)13-6-4-8-10(17)15-11(18)14-8/h1-3,5,8H,4,6H2,(H,13,16)(H2,14,15,17,18). The van der Waals surface area contributed by atoms with Crippen LogP contribution in [-0.2, 0) is 4.79 Å². The summed E-state index contributed by atoms with van der Waals surface area (Å²) in [6, 6.07) is 3.95. The van der Waals surface area contributed by atoms with Crippen molar-refractivity contribution >= 4 is 17.8 Å². The van der Waals surface area contributed by atoms with Crippen LogP contribution in [-0.4, -0.2) is 35.4 Å². The van der Waals surface area contributed by atoms with Crippen molar-refractivity contribution in [1.29, 1.82) is 0 Å². The van der Waals surface area contributed by atoms with E-state index >= 15 is 0 Å². The van der Waals surface area contributed by atoms with E-state index in [0.717, 1.165) is 0 Å². The Balaban J connectivity index is 1.78. The van der Waals surface area contributed by atoms with Gasteiger partial charge in [-0.1, -0.05) is 6.07 Å². The number of carbonyl (C=O) groups excluding carboxylic acids is 3. The third kappa shape index (κ3) is 2.82. The SMILES string of the molecule is O=C1NC(=O)C(CCNC(=O)c2ccccn2)N1. The molecule has 1 atom stereocenters. The van der Waals surface area contributed by atoms with Crippen LogP contribution >= 0.6 is 0 Å². The summed E-state index contributed by atoms with van der Waals surface area (Å²) in [5, 5.41) is 7.20. The Morgan fingerprint density at radius 2 is 2.22 bits per heavy atom. The van der Waals surface area contributed by atoms with Crippen LogP contribution in [0.25, 0.3) is 0 Å². The van der Waals surface area contributed by atoms with Crippen molar-refractivity contribution < 1.29 is 14.4 Å². The van der Waals surface area contributed by atoms with Gasteiger partial charge in [0.2, 0.25) is 0 Å². The molecule has 0 radical (unpaired) electrons. The van der Waals surface area contributed by atoms with Crippen LogP contribution < -0.4 is 16.0 Å². The van der Waals surface area contributed by atoms with E-state index < -0.39 is 12.1 Å². The van der Waals surface area contributed by atoms with Gasteiger partial charge in [-0.3, -0.25) is 19.9 Å². The van der Waals surface area contributed by atoms with E-state index in [1.54, 1.807) is 18.2 Å². The number of rotatable bonds is 4. The average molecular weight is 248 g/mol. The maximum atomic E-state index is 11.6. The van der Waals surface area contributed by atoms with E-state index in [-0.39, 0.29) is 18.4 Å². The van der Waals surface area contributed by atoms with Crippen LogP contribution in [0.5, 0.6) is 0 Å². The predicted octanol–water partition coefficient (Wildman–Crippen LogP) is -0.591. The highest BCUT2D eigenvalue weighted by molar-refractivity contribution is 6.04. The molecule has 1 fully saturated rings. The molecule has 3 N–H and O–H groups in total. The first-order valence-corrected chi connectivity index (χ1v) is 5.47. The molecule has 1 aromatic rings. The van der Waals surface area contributed by atoms with Crippen molar-refractivity contribution in [2.45, 2.75) is 12.5 Å². The van der Waals surface area contributed by atoms with E-state index in [1.807, 2.05) is 0 Å². The molecule has 4 amide bonds. The zero-order chi connectivity index (χ0) is 13.0. The highest BCUT2D eigenvalue weighted by atomic mass is 16.2. The molecule has 1 saturated heterocycles. The largest absolute Gasteiger partial charge is 0.351 e. The molecule has 7 nitrogen and oxygen atoms in total. The van der Waals surface area contributed by atoms with Crippen LogP contribution in [0, 0.1) is 0 Å². The van der Waals surface area contributed by atoms with Crippen molar-refractivity contribution in [3.63, 3.8) is 0 Å². The fourth-order valence-electron chi connectivity index (χ4n) is 1.58. The van der Waals surface area contributed by atoms with Gasteiger partial charge in [0.05, 0.1) is 0 Å². The molecule has 0 spiro atoms. The molecule has 0 aliphatic carbocycles. The lowest BCUT2D eigenvalue weighted by Gasteiger charge is -2.08. The third-order valence-electron chi connectivity index (χ3n) is 2.47. The smallest absolute Gasteiger partial charge is 0.322 e. The van der Waals surface area contributed by atoms with Crippen molar-refractivity contribution in [2.75, 3.05) is 6.54 Å². The van der Waals surface area contributed by atoms with Crippen LogP contribution in [0.3, 0.4) is 0 Å². The predicted molar refractivity (Wildman–Crippen MR) is 61.6 cm³/mol. The molecule has 0 bridgehead atoms. The van der Waals surface area contributed by atoms with E-state index in [0.29, 0.717) is 12.1 Å². The van der Waals surface area contributed by atoms with Crippen molar-refractivity contribution in [3.8, 4) is 0 Å². The Kier molecular flexibility index (Phi) is 3.52. The number of nitrogens with zero attached hydrogens (tertiary/aromatic N) is 1. The molecule has 0 aromatic carbocycles. The summed E-state index contributed by atoms with van der Waals surface area (Å²) < 4.78 is 0. The van der Waals surface area contributed by atoms with E-state index in [2.05, 4.69) is 20.9 Å². The molecule has 1 unspecified atom stereocenters. The first-order chi connectivity index (χ1) is 8.66. The van der Waals surface area contributed by atoms with E-state index in [4.69, 9.17) is 0 Å². The Morgan fingerprint density at radius 3 is 2.83 bits per heavy atom. The number of carbonyl (C=O) groups is 3. The molecule has 0 saturated carbocycles. The zero-order valence-electron chi connectivity index (χ0n) is 9.47. The first kappa shape index (κ1) is 12.0. The fraction of sp³-hybridized carbons (Fsp3) is 0.273. The van der Waals surface area contributed by atoms with Crippen molar-refractivity contribution in [1.82, 2.24) is 20.9 Å². The second-order valence-electron chi connectivity index (χ2n) is 3.77. The maximum absolute atomic E-state index is 11.6. The lowest BCUT2D eigenvalue weighted by Crippen LogP contribution is -2.34. The van der Waals surface area contributed by atoms with Crippen LogP contribution in [0.4, 0.5) is 4.79 Å². The molecular formula is C11H12N4O3. The van der Waals surface area contributed by atoms with Gasteiger partial charge in [-0.25, -0.2) is 4.79 Å². The minimum Gasteiger partial charge on any atom is -0.351 e. The van der Waals surface area contributed by atoms with Gasteiger partial charge in [-0.15, -0.1) is 0 Å². The lowest BCUT2D eigenvalue weighted by atomic mass is 10.2. The maximum Gasteiger partial charge on any atom is 0.322 e. The summed E-state index contributed by atoms with van der Waals surface area (Å²) in [5.74, 6) is -0.674. The van der Waals surface area contributed by atoms with Crippen molar-refractivity contribution in [3.05, 3.63) is 30.1 Å². The van der Waals surface area contributed by atoms with Crippen molar-refractivity contribution in [2.24, 2.45) is 0 Å². The van der Waals surface area contributed by atoms with Crippen LogP contribution in [0.2, 0.25) is 0 Å². The van der Waals surface area contributed by atoms with Gasteiger partial charge in [-0.05, 0) is 18.6 Å². The van der Waals surface area contributed by atoms with Gasteiger partial charge in [0, 0.05) is 12.7 Å². The van der Waals surface area contributed by atoms with Gasteiger partial charge in [0.15, 0.2) is 0 Å². The van der Waals surface area contributed by atoms with Crippen LogP contribution in [0.1, 0.15) is 16.9 Å². The van der Waals surface area contributed by atoms with Gasteiger partial charge < -0.3 is 10.6 Å². The number of amides is 4. The molecule has 1 aromatic heterocycles. The second-order valence-corrected chi connectivity index (χ2v) is 3.77. The highest BCUT2D eigenvalue weighted by Gasteiger charge is 2.28. The van der Waals surface area contributed by atoms with Crippen LogP contribution in [0.15, 0.2) is 24.4 Å². The average Bonchev–Trinajstić information content (AvgIpc) is 2.69. The van der Waals surface area contributed by atoms with Gasteiger partial charge >= 0.3 is 6.03 Å². The number of urea groups is 1. The topological polar surface area (TPSA) is 100 Å². The summed E-state index contributed by atoms with van der Waals surface area (Å²) in [6.07, 6.45) is 1.87. The zero-order valence-corrected chi connectivity index (χ0v) is 9.47. The lowest BCUT2D eigenvalue weighted by molar-refractivity contribution is -0.120. The summed E-state index contributed by atoms with van der Waals surface area (Å²) >= 11 is 0. The normalized spacial score (nSPS) is 18.1. The van der Waals surface area contributed by atoms with Gasteiger partial charge in [-0.2, -0.15) is 0 Å². The molecule has 2 heterocycles. The Morgan fingerprint density at radius 1 is 1.39 bits per heavy atom. The number of pyridine rings is 1. The Labute approximate surface area is 103 Å². The van der Waals surface area contributed by atoms with Gasteiger partial charge in [0.1, 0.15) is 11.7 Å². The highest BCUT2D eigenvalue weighted by Crippen LogP contribution is 1.98. The van der Waals surface area contributed by atoms with E-state index in [9.17, 15) is 14.4 Å². The number of nitrogens with one attached hydrogen (secondary N) is 3. The summed E-state index contributed by atoms with van der Waals surface area (Å²) in [4.78, 5) is 37.6. The molecule has 2 rings (SSSR count). The fourth-order valence-corrected chi connectivity index (χ4v) is 1.58. The number of hydrogen-bond acceptors (Lipinski definition) is 4. The molecule has 1 aliphatic heterocycles. The summed E-state index contributed by atoms with van der Waals surface area (Å²) in [5.41, 5.74) is 0.317. The quantitative estimate of drug-likeness (QED) is 0.620. The summed E-state index contributed by atoms with van der Waals surface area (Å²) in [6.45, 7) is 0.285. The Bertz CT molecular complexity index is 474. The molecule has 18 heavy (non-hydrogen) atoms. The molecule has 7 heteroatoms. The first-order valence-electron chi connectivity index (χ1n) is 5.47. The van der Waals surface area contributed by atoms with Gasteiger partial charge in [0.25, 0.3) is 11.8 Å². The molecule has 94 valence electrons. The molecule has 1 aliphatic rings. The number of imide groups is 1. The minimum atomic E-state index is -0.582. The molecular weight excluding hydrogens is 236 g/mol. The second kappa shape index (κ2) is 5.26. The van der Waals surface area contributed by atoms with E-state index in [1.165, 1.54) is 6.20 Å². The summed E-state index contributed by atoms with van der Waals surface area (Å²) in [7, 11) is 0. The Hall–Kier alpha value is -2.44. The minimum absolute atomic E-state index is 0.285. The number of hydrogen-bond donors (Lipinski definition) is 3. The number of aromatic nitrogens is 1. The monoisotopic (exact) mass is 248 g/mol.